The summed E-state index contributed by atoms with van der Waals surface area (Å²) in [5.41, 5.74) is 9.46. The Balaban J connectivity index is 0.000000181. The largest absolute Gasteiger partial charge is 1.00 e. The molecule has 1 N–H and O–H groups in total. The number of para-hydroxylation sites is 3. The quantitative estimate of drug-likeness (QED) is 0.0767. The molecule has 0 saturated carbocycles. The molecular weight excluding hydrogens is 1270 g/mol. The fraction of sp³-hybridized carbons (Fsp3) is 0.159. The molecule has 0 aliphatic carbocycles. The van der Waals surface area contributed by atoms with E-state index in [0.717, 1.165) is 66.8 Å². The maximum atomic E-state index is 12.7. The Morgan fingerprint density at radius 2 is 0.918 bits per heavy atom. The molecule has 0 fully saturated rings. The minimum atomic E-state index is -0.881. The summed E-state index contributed by atoms with van der Waals surface area (Å²) in [6.45, 7) is 1.42. The summed E-state index contributed by atoms with van der Waals surface area (Å²) in [6.07, 6.45) is 2.42. The Morgan fingerprint density at radius 1 is 0.518 bits per heavy atom. The fourth-order valence-electron chi connectivity index (χ4n) is 9.80. The van der Waals surface area contributed by atoms with Gasteiger partial charge in [-0.05, 0) is 161 Å². The van der Waals surface area contributed by atoms with Crippen LogP contribution in [0.3, 0.4) is 0 Å². The second kappa shape index (κ2) is 30.5. The minimum Gasteiger partial charge on any atom is -1.00 e. The molecule has 3 aliphatic rings. The van der Waals surface area contributed by atoms with Gasteiger partial charge < -0.3 is 35.0 Å². The molecule has 12 rings (SSSR count). The van der Waals surface area contributed by atoms with Gasteiger partial charge in [0, 0.05) is 57.8 Å². The molecule has 16 heteroatoms. The Hall–Kier alpha value is -7.62. The summed E-state index contributed by atoms with van der Waals surface area (Å²) >= 11 is 10.2. The van der Waals surface area contributed by atoms with Crippen LogP contribution in [0.15, 0.2) is 214 Å². The van der Waals surface area contributed by atoms with Crippen LogP contribution in [0.5, 0.6) is 34.5 Å². The molecule has 3 radical (unpaired) electrons. The van der Waals surface area contributed by atoms with Gasteiger partial charge in [0.2, 0.25) is 0 Å². The van der Waals surface area contributed by atoms with Crippen LogP contribution in [0.25, 0.3) is 0 Å². The van der Waals surface area contributed by atoms with Crippen LogP contribution in [-0.4, -0.2) is 57.4 Å². The van der Waals surface area contributed by atoms with Gasteiger partial charge in [-0.15, -0.1) is 0 Å². The van der Waals surface area contributed by atoms with E-state index in [1.807, 2.05) is 121 Å². The normalized spacial score (nSPS) is 14.8. The first-order valence-corrected chi connectivity index (χ1v) is 29.1. The van der Waals surface area contributed by atoms with E-state index in [0.29, 0.717) is 76.7 Å². The van der Waals surface area contributed by atoms with E-state index in [9.17, 15) is 25.7 Å². The van der Waals surface area contributed by atoms with Crippen molar-refractivity contribution in [2.45, 2.75) is 50.1 Å². The number of hydrogen-bond donors (Lipinski definition) is 1. The zero-order chi connectivity index (χ0) is 57.7. The van der Waals surface area contributed by atoms with Gasteiger partial charge in [-0.2, -0.15) is 15.8 Å². The van der Waals surface area contributed by atoms with Crippen molar-refractivity contribution >= 4 is 62.0 Å². The van der Waals surface area contributed by atoms with Gasteiger partial charge in [0.05, 0.1) is 34.9 Å². The molecule has 0 aromatic heterocycles. The van der Waals surface area contributed by atoms with Gasteiger partial charge in [0.25, 0.3) is 0 Å². The number of aliphatic hydroxyl groups excluding tert-OH is 1. The van der Waals surface area contributed by atoms with Crippen molar-refractivity contribution in [1.82, 2.24) is 0 Å². The van der Waals surface area contributed by atoms with Crippen molar-refractivity contribution in [3.8, 4) is 52.7 Å². The number of ketones is 1. The van der Waals surface area contributed by atoms with E-state index in [1.54, 1.807) is 60.7 Å². The van der Waals surface area contributed by atoms with Gasteiger partial charge in [0.1, 0.15) is 78.7 Å². The third-order valence-corrected chi connectivity index (χ3v) is 15.5. The monoisotopic (exact) mass is 1320 g/mol. The zero-order valence-corrected chi connectivity index (χ0v) is 52.9. The molecule has 3 aliphatic heterocycles. The van der Waals surface area contributed by atoms with Gasteiger partial charge in [0.15, 0.2) is 5.78 Å². The first-order chi connectivity index (χ1) is 40.5. The van der Waals surface area contributed by atoms with Crippen molar-refractivity contribution < 1.29 is 69.3 Å². The van der Waals surface area contributed by atoms with Crippen molar-refractivity contribution in [2.75, 3.05) is 19.8 Å². The van der Waals surface area contributed by atoms with Crippen LogP contribution in [0.1, 0.15) is 79.1 Å². The molecule has 0 saturated heterocycles. The predicted octanol–water partition coefficient (Wildman–Crippen LogP) is 11.7. The van der Waals surface area contributed by atoms with Gasteiger partial charge >= 0.3 is 29.6 Å². The summed E-state index contributed by atoms with van der Waals surface area (Å²) in [5, 5.41) is 38.5. The smallest absolute Gasteiger partial charge is 1.00 e. The van der Waals surface area contributed by atoms with Crippen molar-refractivity contribution in [1.29, 1.82) is 15.8 Å². The maximum absolute atomic E-state index is 12.7. The number of carbonyl (C=O) groups is 1. The predicted molar refractivity (Wildman–Crippen MR) is 333 cm³/mol. The number of nitriles is 3. The Bertz CT molecular complexity index is 3840. The number of rotatable bonds is 15. The summed E-state index contributed by atoms with van der Waals surface area (Å²) in [5.74, 6) is 4.82. The van der Waals surface area contributed by atoms with Crippen LogP contribution in [0.4, 0.5) is 0 Å². The van der Waals surface area contributed by atoms with Crippen molar-refractivity contribution in [2.24, 2.45) is 0 Å². The number of halogens is 3. The molecule has 0 spiro atoms. The zero-order valence-electron chi connectivity index (χ0n) is 47.2. The number of benzene rings is 9. The first-order valence-electron chi connectivity index (χ1n) is 26.7. The number of aliphatic hydroxyl groups is 1. The average molecular weight is 1330 g/mol. The van der Waals surface area contributed by atoms with E-state index >= 15 is 0 Å². The molecule has 85 heavy (non-hydrogen) atoms. The number of nitrogens with zero attached hydrogens (tertiary/aromatic N) is 3. The third kappa shape index (κ3) is 16.6. The molecule has 9 aromatic rings. The van der Waals surface area contributed by atoms with Crippen molar-refractivity contribution in [3.05, 3.63) is 280 Å². The van der Waals surface area contributed by atoms with Gasteiger partial charge in [-0.3, -0.25) is 4.79 Å². The van der Waals surface area contributed by atoms with E-state index in [4.69, 9.17) is 28.4 Å². The SMILES string of the molecule is N#Cc1ccc(Br)cc1C(=O)c1ccc(OCC2Cc3ccccc3O2)cc1.N#Cc1ccc(Br)cc1C(O)c1ccc(OCC2Cc3ccccc3O2)cc1.N#Cc1ccc(Br)cc1Cc1ccc(OCC2Cc3ccccc3O2)cc1.[B].[H-].[Na+]. The number of ether oxygens (including phenoxy) is 6. The minimum absolute atomic E-state index is 0. The van der Waals surface area contributed by atoms with Crippen LogP contribution in [0, 0.1) is 34.0 Å². The topological polar surface area (TPSA) is 164 Å². The summed E-state index contributed by atoms with van der Waals surface area (Å²) in [6, 6.07) is 68.9. The molecule has 0 bridgehead atoms. The van der Waals surface area contributed by atoms with E-state index in [2.05, 4.69) is 84.2 Å². The van der Waals surface area contributed by atoms with Crippen LogP contribution < -0.4 is 58.0 Å². The molecule has 11 nitrogen and oxygen atoms in total. The molecule has 417 valence electrons. The standard InChI is InChI=1S/C23H18BrNO3.C23H16BrNO3.C23H18BrNO2.B.Na.H/c2*24-18-8-5-17(13-25)21(12-18)23(26)15-6-9-19(10-7-15)27-14-20-11-16-3-1-2-4-22(16)28-20;24-20-8-7-18(14-25)19(12-20)11-16-5-9-21(10-6-16)26-15-22-13-17-3-1-2-4-23(17)27-22;;;/h1-10,12,20,23,26H,11,14H2;1-10,12,20H,11,14H2;1-10,12,22H,11,13,15H2;;;/q;;;;+1;-1. The number of fused-ring (bicyclic) bond motifs is 3. The fourth-order valence-corrected chi connectivity index (χ4v) is 10.9. The molecule has 9 aromatic carbocycles. The second-order valence-corrected chi connectivity index (χ2v) is 22.5. The van der Waals surface area contributed by atoms with Gasteiger partial charge in [-0.25, -0.2) is 0 Å². The Labute approximate surface area is 545 Å². The number of hydrogen-bond acceptors (Lipinski definition) is 11. The van der Waals surface area contributed by atoms with Crippen LogP contribution >= 0.6 is 47.8 Å². The number of carbonyl (C=O) groups excluding carboxylic acids is 1. The van der Waals surface area contributed by atoms with Crippen LogP contribution in [0.2, 0.25) is 0 Å². The first kappa shape index (κ1) is 63.4. The average Bonchev–Trinajstić information content (AvgIpc) is 3.85. The molecule has 4 unspecified atom stereocenters. The van der Waals surface area contributed by atoms with Crippen molar-refractivity contribution in [3.63, 3.8) is 0 Å². The third-order valence-electron chi connectivity index (χ3n) is 14.0. The maximum Gasteiger partial charge on any atom is 1.00 e. The van der Waals surface area contributed by atoms with E-state index in [-0.39, 0.29) is 63.5 Å². The second-order valence-electron chi connectivity index (χ2n) is 19.8. The van der Waals surface area contributed by atoms with E-state index < -0.39 is 6.10 Å². The summed E-state index contributed by atoms with van der Waals surface area (Å²) in [7, 11) is 0. The summed E-state index contributed by atoms with van der Waals surface area (Å²) < 4.78 is 37.8. The molecule has 3 heterocycles. The molecule has 4 atom stereocenters. The van der Waals surface area contributed by atoms with Crippen LogP contribution in [-0.2, 0) is 25.7 Å². The Kier molecular flexibility index (Phi) is 22.7. The molecular formula is C69H53BBr3N3NaO8. The Morgan fingerprint density at radius 3 is 1.38 bits per heavy atom. The van der Waals surface area contributed by atoms with E-state index in [1.165, 1.54) is 16.7 Å². The molecule has 0 amide bonds. The summed E-state index contributed by atoms with van der Waals surface area (Å²) in [4.78, 5) is 12.7. The van der Waals surface area contributed by atoms with Gasteiger partial charge in [-0.1, -0.05) is 127 Å².